The fourth-order valence-corrected chi connectivity index (χ4v) is 17.4. The number of benzene rings is 10. The van der Waals surface area contributed by atoms with E-state index in [9.17, 15) is 0 Å². The zero-order chi connectivity index (χ0) is 47.1. The molecular formula is C69H41NO2. The van der Waals surface area contributed by atoms with E-state index in [0.29, 0.717) is 0 Å². The molecule has 0 radical (unpaired) electrons. The second-order valence-corrected chi connectivity index (χ2v) is 22.8. The Hall–Kier alpha value is -8.40. The second-order valence-electron chi connectivity index (χ2n) is 22.8. The summed E-state index contributed by atoms with van der Waals surface area (Å²) in [5.74, 6) is 0.136. The quantitative estimate of drug-likeness (QED) is 0.165. The number of ketones is 2. The van der Waals surface area contributed by atoms with E-state index in [4.69, 9.17) is 0 Å². The number of carbonyl (C=O) groups excluding carboxylic acids is 2. The molecule has 0 N–H and O–H groups in total. The van der Waals surface area contributed by atoms with Crippen molar-refractivity contribution in [2.75, 3.05) is 0 Å². The van der Waals surface area contributed by atoms with Crippen LogP contribution in [0.3, 0.4) is 0 Å². The number of Topliss-reactive ketones (excluding diaryl/α,β-unsaturated/α-hetero) is 2. The number of fused-ring (bicyclic) bond motifs is 23. The molecule has 0 aliphatic heterocycles. The van der Waals surface area contributed by atoms with Crippen molar-refractivity contribution < 1.29 is 9.59 Å². The molecule has 10 aromatic carbocycles. The highest BCUT2D eigenvalue weighted by molar-refractivity contribution is 6.27. The van der Waals surface area contributed by atoms with Gasteiger partial charge in [-0.05, 0) is 142 Å². The normalized spacial score (nSPS) is 24.2. The lowest BCUT2D eigenvalue weighted by molar-refractivity contribution is 0.0839. The van der Waals surface area contributed by atoms with Crippen molar-refractivity contribution in [1.82, 2.24) is 4.40 Å². The van der Waals surface area contributed by atoms with Gasteiger partial charge >= 0.3 is 0 Å². The zero-order valence-electron chi connectivity index (χ0n) is 39.5. The molecule has 19 rings (SSSR count). The molecule has 12 aromatic rings. The van der Waals surface area contributed by atoms with Crippen LogP contribution in [0.1, 0.15) is 125 Å². The van der Waals surface area contributed by atoms with Crippen LogP contribution in [0.15, 0.2) is 188 Å². The lowest BCUT2D eigenvalue weighted by Gasteiger charge is -2.64. The van der Waals surface area contributed by atoms with E-state index in [1.54, 1.807) is 0 Å². The number of aromatic nitrogens is 1. The van der Waals surface area contributed by atoms with Gasteiger partial charge in [-0.1, -0.05) is 159 Å². The van der Waals surface area contributed by atoms with Crippen molar-refractivity contribution in [3.63, 3.8) is 0 Å². The first-order chi connectivity index (χ1) is 35.3. The standard InChI is InChI=1S/C69H41NO2/c1-67(2)51-22-10-5-17-37(51)59-36-16-4-3-15-35(36)42(31-56(59)67)34-27-47-43-29-45-49(65(71)62-40-20-8-13-25-54(40)68(62)52-23-11-6-18-38(52)60(45)68)32-57(43)70-58-33-50-46(30-44(58)48(28-34)64(47)70)61-39-19-7-12-24-53(39)69(61)55-26-14-9-21-41(55)63(69)66(50)72/h3-33,60-63H,1-2H3. The first-order valence-electron chi connectivity index (χ1n) is 25.8. The number of rotatable bonds is 1. The van der Waals surface area contributed by atoms with Gasteiger partial charge in [0.25, 0.3) is 0 Å². The largest absolute Gasteiger partial charge is 0.308 e. The molecule has 7 aliphatic rings. The van der Waals surface area contributed by atoms with Crippen LogP contribution in [-0.4, -0.2) is 16.0 Å². The summed E-state index contributed by atoms with van der Waals surface area (Å²) in [6.45, 7) is 4.76. The van der Waals surface area contributed by atoms with Gasteiger partial charge in [-0.3, -0.25) is 9.59 Å². The van der Waals surface area contributed by atoms with E-state index in [1.165, 1.54) is 99.4 Å². The Kier molecular flexibility index (Phi) is 6.07. The molecule has 6 atom stereocenters. The minimum Gasteiger partial charge on any atom is -0.308 e. The molecule has 0 fully saturated rings. The lowest BCUT2D eigenvalue weighted by Crippen LogP contribution is -2.61. The maximum Gasteiger partial charge on any atom is 0.171 e. The molecule has 0 saturated heterocycles. The van der Waals surface area contributed by atoms with Crippen LogP contribution in [-0.2, 0) is 16.2 Å². The van der Waals surface area contributed by atoms with Crippen molar-refractivity contribution in [2.45, 2.75) is 53.8 Å². The molecule has 2 spiro atoms. The molecule has 3 nitrogen and oxygen atoms in total. The summed E-state index contributed by atoms with van der Waals surface area (Å²) >= 11 is 0. The Bertz CT molecular complexity index is 4480. The third-order valence-electron chi connectivity index (χ3n) is 20.0. The topological polar surface area (TPSA) is 38.5 Å². The molecule has 0 bridgehead atoms. The van der Waals surface area contributed by atoms with E-state index >= 15 is 9.59 Å². The van der Waals surface area contributed by atoms with Gasteiger partial charge in [0.1, 0.15) is 0 Å². The van der Waals surface area contributed by atoms with Crippen molar-refractivity contribution in [3.05, 3.63) is 266 Å². The fourth-order valence-electron chi connectivity index (χ4n) is 17.4. The van der Waals surface area contributed by atoms with Gasteiger partial charge in [0.05, 0.1) is 28.4 Å². The van der Waals surface area contributed by atoms with Crippen molar-refractivity contribution >= 4 is 60.4 Å². The molecule has 72 heavy (non-hydrogen) atoms. The van der Waals surface area contributed by atoms with Crippen LogP contribution in [0.5, 0.6) is 0 Å². The van der Waals surface area contributed by atoms with E-state index in [1.807, 2.05) is 0 Å². The molecule has 0 amide bonds. The van der Waals surface area contributed by atoms with E-state index < -0.39 is 0 Å². The SMILES string of the molecule is CC1(C)c2ccccc2-c2c1cc(-c1cc3c4cc5c(cc4n4c6cc7c(cc6c(c1)c34)C1c3ccccc3C13c1ccccc1C3C7=O)C(=O)C1c3ccccc3C13c1ccccc1C53)c1ccccc21. The van der Waals surface area contributed by atoms with Crippen LogP contribution in [0, 0.1) is 0 Å². The fraction of sp³-hybridized carbons (Fsp3) is 0.130. The van der Waals surface area contributed by atoms with E-state index in [2.05, 4.69) is 206 Å². The van der Waals surface area contributed by atoms with Gasteiger partial charge in [-0.2, -0.15) is 0 Å². The van der Waals surface area contributed by atoms with Crippen LogP contribution >= 0.6 is 0 Å². The summed E-state index contributed by atoms with van der Waals surface area (Å²) in [5, 5.41) is 7.17. The summed E-state index contributed by atoms with van der Waals surface area (Å²) in [6, 6.07) is 69.8. The number of carbonyl (C=O) groups is 2. The maximum atomic E-state index is 15.5. The monoisotopic (exact) mass is 915 g/mol. The highest BCUT2D eigenvalue weighted by Gasteiger charge is 2.70. The van der Waals surface area contributed by atoms with Crippen LogP contribution in [0.2, 0.25) is 0 Å². The van der Waals surface area contributed by atoms with Crippen molar-refractivity contribution in [2.24, 2.45) is 0 Å². The minimum absolute atomic E-state index is 0.0760. The first-order valence-corrected chi connectivity index (χ1v) is 25.8. The zero-order valence-corrected chi connectivity index (χ0v) is 39.5. The molecule has 3 heteroatoms. The average molecular weight is 916 g/mol. The van der Waals surface area contributed by atoms with Gasteiger partial charge < -0.3 is 4.40 Å². The lowest BCUT2D eigenvalue weighted by atomic mass is 9.36. The predicted molar refractivity (Wildman–Crippen MR) is 287 cm³/mol. The van der Waals surface area contributed by atoms with Gasteiger partial charge in [0.15, 0.2) is 11.6 Å². The first kappa shape index (κ1) is 37.4. The number of nitrogens with zero attached hydrogens (tertiary/aromatic N) is 1. The molecule has 0 saturated carbocycles. The summed E-state index contributed by atoms with van der Waals surface area (Å²) in [7, 11) is 0. The van der Waals surface area contributed by atoms with Crippen molar-refractivity contribution in [3.8, 4) is 22.3 Å². The second kappa shape index (κ2) is 11.7. The van der Waals surface area contributed by atoms with Crippen LogP contribution in [0.25, 0.3) is 71.1 Å². The maximum absolute atomic E-state index is 15.5. The predicted octanol–water partition coefficient (Wildman–Crippen LogP) is 15.4. The Morgan fingerprint density at radius 1 is 0.347 bits per heavy atom. The summed E-state index contributed by atoms with van der Waals surface area (Å²) in [5.41, 5.74) is 24.2. The number of hydrogen-bond donors (Lipinski definition) is 0. The van der Waals surface area contributed by atoms with Gasteiger partial charge in [0.2, 0.25) is 0 Å². The molecular weight excluding hydrogens is 875 g/mol. The third-order valence-corrected chi connectivity index (χ3v) is 20.0. The molecule has 2 aromatic heterocycles. The Balaban J connectivity index is 0.938. The van der Waals surface area contributed by atoms with Crippen LogP contribution < -0.4 is 0 Å². The summed E-state index contributed by atoms with van der Waals surface area (Å²) < 4.78 is 2.43. The summed E-state index contributed by atoms with van der Waals surface area (Å²) in [6.07, 6.45) is 0. The van der Waals surface area contributed by atoms with Gasteiger partial charge in [0, 0.05) is 60.8 Å². The molecule has 6 unspecified atom stereocenters. The number of hydrogen-bond acceptors (Lipinski definition) is 2. The van der Waals surface area contributed by atoms with Crippen LogP contribution in [0.4, 0.5) is 0 Å². The van der Waals surface area contributed by atoms with E-state index in [0.717, 1.165) is 49.6 Å². The van der Waals surface area contributed by atoms with Gasteiger partial charge in [-0.15, -0.1) is 0 Å². The summed E-state index contributed by atoms with van der Waals surface area (Å²) in [4.78, 5) is 30.9. The van der Waals surface area contributed by atoms with E-state index in [-0.39, 0.29) is 51.5 Å². The highest BCUT2D eigenvalue weighted by Crippen LogP contribution is 2.75. The Labute approximate surface area is 414 Å². The van der Waals surface area contributed by atoms with Gasteiger partial charge in [-0.25, -0.2) is 0 Å². The average Bonchev–Trinajstić information content (AvgIpc) is 4.01. The Morgan fingerprint density at radius 2 is 0.778 bits per heavy atom. The smallest absolute Gasteiger partial charge is 0.171 e. The third kappa shape index (κ3) is 3.63. The Morgan fingerprint density at radius 3 is 1.29 bits per heavy atom. The minimum atomic E-state index is -0.355. The van der Waals surface area contributed by atoms with Crippen molar-refractivity contribution in [1.29, 1.82) is 0 Å². The molecule has 2 heterocycles. The highest BCUT2D eigenvalue weighted by atomic mass is 16.1. The molecule has 7 aliphatic carbocycles. The molecule has 334 valence electrons.